The van der Waals surface area contributed by atoms with E-state index in [1.54, 1.807) is 0 Å². The fourth-order valence-corrected chi connectivity index (χ4v) is 3.05. The van der Waals surface area contributed by atoms with Crippen LogP contribution < -0.4 is 0 Å². The molecule has 0 amide bonds. The maximum atomic E-state index is 4.53. The maximum Gasteiger partial charge on any atom is 0.0662 e. The van der Waals surface area contributed by atoms with Crippen LogP contribution in [-0.2, 0) is 13.1 Å². The van der Waals surface area contributed by atoms with E-state index < -0.39 is 0 Å². The molecule has 2 heterocycles. The van der Waals surface area contributed by atoms with Crippen LogP contribution in [0.25, 0.3) is 0 Å². The first-order valence-electron chi connectivity index (χ1n) is 7.66. The molecule has 0 N–H and O–H groups in total. The molecule has 1 aromatic carbocycles. The highest BCUT2D eigenvalue weighted by Gasteiger charge is 2.25. The van der Waals surface area contributed by atoms with Crippen LogP contribution in [0.3, 0.4) is 0 Å². The van der Waals surface area contributed by atoms with Crippen LogP contribution in [0, 0.1) is 0 Å². The molecule has 1 aromatic heterocycles. The van der Waals surface area contributed by atoms with Crippen molar-refractivity contribution in [2.75, 3.05) is 27.2 Å². The highest BCUT2D eigenvalue weighted by atomic mass is 15.4. The minimum atomic E-state index is 0.481. The van der Waals surface area contributed by atoms with E-state index in [0.717, 1.165) is 32.6 Å². The second kappa shape index (κ2) is 6.41. The molecule has 0 saturated carbocycles. The second-order valence-corrected chi connectivity index (χ2v) is 6.17. The van der Waals surface area contributed by atoms with E-state index in [9.17, 15) is 0 Å². The fraction of sp³-hybridized carbons (Fsp3) is 0.471. The zero-order valence-corrected chi connectivity index (χ0v) is 12.9. The molecule has 4 heteroatoms. The normalized spacial score (nSPS) is 18.9. The van der Waals surface area contributed by atoms with Crippen molar-refractivity contribution in [1.82, 2.24) is 19.6 Å². The molecule has 0 aliphatic carbocycles. The zero-order chi connectivity index (χ0) is 14.7. The van der Waals surface area contributed by atoms with Crippen molar-refractivity contribution in [1.29, 1.82) is 0 Å². The van der Waals surface area contributed by atoms with Gasteiger partial charge in [0, 0.05) is 25.8 Å². The molecule has 0 bridgehead atoms. The Morgan fingerprint density at radius 2 is 2.00 bits per heavy atom. The van der Waals surface area contributed by atoms with Gasteiger partial charge >= 0.3 is 0 Å². The van der Waals surface area contributed by atoms with Crippen LogP contribution in [0.15, 0.2) is 42.6 Å². The fourth-order valence-electron chi connectivity index (χ4n) is 3.05. The van der Waals surface area contributed by atoms with E-state index in [-0.39, 0.29) is 0 Å². The smallest absolute Gasteiger partial charge is 0.0662 e. The molecule has 4 nitrogen and oxygen atoms in total. The van der Waals surface area contributed by atoms with Gasteiger partial charge < -0.3 is 4.90 Å². The summed E-state index contributed by atoms with van der Waals surface area (Å²) in [7, 11) is 4.27. The molecule has 2 aromatic rings. The van der Waals surface area contributed by atoms with E-state index in [0.29, 0.717) is 6.04 Å². The molecule has 0 unspecified atom stereocenters. The predicted molar refractivity (Wildman–Crippen MR) is 85.0 cm³/mol. The number of aromatic nitrogens is 2. The number of hydrogen-bond donors (Lipinski definition) is 0. The van der Waals surface area contributed by atoms with Gasteiger partial charge in [-0.2, -0.15) is 5.10 Å². The van der Waals surface area contributed by atoms with Gasteiger partial charge in [0.25, 0.3) is 0 Å². The molecule has 1 aliphatic heterocycles. The average Bonchev–Trinajstić information content (AvgIpc) is 2.94. The van der Waals surface area contributed by atoms with E-state index in [4.69, 9.17) is 0 Å². The highest BCUT2D eigenvalue weighted by molar-refractivity contribution is 5.15. The minimum Gasteiger partial charge on any atom is -0.309 e. The van der Waals surface area contributed by atoms with Crippen LogP contribution in [0.1, 0.15) is 23.7 Å². The third-order valence-corrected chi connectivity index (χ3v) is 4.11. The summed E-state index contributed by atoms with van der Waals surface area (Å²) in [5.41, 5.74) is 2.72. The molecule has 0 fully saturated rings. The second-order valence-electron chi connectivity index (χ2n) is 6.17. The largest absolute Gasteiger partial charge is 0.309 e. The van der Waals surface area contributed by atoms with Gasteiger partial charge in [0.2, 0.25) is 0 Å². The topological polar surface area (TPSA) is 24.3 Å². The summed E-state index contributed by atoms with van der Waals surface area (Å²) in [4.78, 5) is 4.78. The molecular weight excluding hydrogens is 260 g/mol. The van der Waals surface area contributed by atoms with Gasteiger partial charge in [-0.25, -0.2) is 0 Å². The lowest BCUT2D eigenvalue weighted by molar-refractivity contribution is 0.155. The minimum absolute atomic E-state index is 0.481. The number of benzene rings is 1. The van der Waals surface area contributed by atoms with Gasteiger partial charge in [0.05, 0.1) is 11.7 Å². The number of hydrogen-bond acceptors (Lipinski definition) is 3. The van der Waals surface area contributed by atoms with Crippen LogP contribution >= 0.6 is 0 Å². The molecule has 0 saturated heterocycles. The van der Waals surface area contributed by atoms with E-state index in [1.165, 1.54) is 11.3 Å². The number of nitrogens with zero attached hydrogens (tertiary/aromatic N) is 4. The van der Waals surface area contributed by atoms with Gasteiger partial charge in [-0.05, 0) is 38.7 Å². The molecule has 0 spiro atoms. The van der Waals surface area contributed by atoms with Crippen molar-refractivity contribution in [2.45, 2.75) is 25.6 Å². The summed E-state index contributed by atoms with van der Waals surface area (Å²) in [5, 5.41) is 4.53. The molecule has 0 radical (unpaired) electrons. The SMILES string of the molecule is CN(C)CC[C@@H]1CN(Cc2ccccc2)Cc2ccnn21. The van der Waals surface area contributed by atoms with Gasteiger partial charge in [-0.1, -0.05) is 30.3 Å². The lowest BCUT2D eigenvalue weighted by Gasteiger charge is -2.34. The Morgan fingerprint density at radius 1 is 1.19 bits per heavy atom. The first kappa shape index (κ1) is 14.3. The molecular formula is C17H24N4. The maximum absolute atomic E-state index is 4.53. The van der Waals surface area contributed by atoms with Gasteiger partial charge in [0.1, 0.15) is 0 Å². The molecule has 1 aliphatic rings. The Labute approximate surface area is 127 Å². The molecule has 1 atom stereocenters. The molecule has 21 heavy (non-hydrogen) atoms. The Hall–Kier alpha value is -1.65. The summed E-state index contributed by atoms with van der Waals surface area (Å²) < 4.78 is 2.23. The highest BCUT2D eigenvalue weighted by Crippen LogP contribution is 2.24. The lowest BCUT2D eigenvalue weighted by Crippen LogP contribution is -2.38. The summed E-state index contributed by atoms with van der Waals surface area (Å²) in [6, 6.07) is 13.4. The Bertz CT molecular complexity index is 561. The summed E-state index contributed by atoms with van der Waals surface area (Å²) in [6.45, 7) is 4.19. The molecule has 3 rings (SSSR count). The van der Waals surface area contributed by atoms with Gasteiger partial charge in [-0.15, -0.1) is 0 Å². The quantitative estimate of drug-likeness (QED) is 0.842. The standard InChI is InChI=1S/C17H24N4/c1-19(2)11-9-17-14-20(12-15-6-4-3-5-7-15)13-16-8-10-18-21(16)17/h3-8,10,17H,9,11-14H2,1-2H3/t17-/m1/s1. The van der Waals surface area contributed by atoms with Crippen LogP contribution in [-0.4, -0.2) is 46.8 Å². The summed E-state index contributed by atoms with van der Waals surface area (Å²) in [6.07, 6.45) is 3.08. The van der Waals surface area contributed by atoms with E-state index in [1.807, 2.05) is 6.20 Å². The Balaban J connectivity index is 1.71. The Morgan fingerprint density at radius 3 is 2.76 bits per heavy atom. The third-order valence-electron chi connectivity index (χ3n) is 4.11. The van der Waals surface area contributed by atoms with Crippen molar-refractivity contribution in [3.63, 3.8) is 0 Å². The van der Waals surface area contributed by atoms with Crippen LogP contribution in [0.5, 0.6) is 0 Å². The van der Waals surface area contributed by atoms with E-state index >= 15 is 0 Å². The first-order chi connectivity index (χ1) is 10.2. The predicted octanol–water partition coefficient (Wildman–Crippen LogP) is 2.39. The van der Waals surface area contributed by atoms with E-state index in [2.05, 4.69) is 70.1 Å². The average molecular weight is 284 g/mol. The summed E-state index contributed by atoms with van der Waals surface area (Å²) in [5.74, 6) is 0. The van der Waals surface area contributed by atoms with Gasteiger partial charge in [-0.3, -0.25) is 9.58 Å². The molecule has 112 valence electrons. The van der Waals surface area contributed by atoms with Crippen LogP contribution in [0.4, 0.5) is 0 Å². The summed E-state index contributed by atoms with van der Waals surface area (Å²) >= 11 is 0. The van der Waals surface area contributed by atoms with Crippen molar-refractivity contribution in [3.05, 3.63) is 53.9 Å². The van der Waals surface area contributed by atoms with Crippen LogP contribution in [0.2, 0.25) is 0 Å². The van der Waals surface area contributed by atoms with Crippen molar-refractivity contribution in [2.24, 2.45) is 0 Å². The number of rotatable bonds is 5. The monoisotopic (exact) mass is 284 g/mol. The lowest BCUT2D eigenvalue weighted by atomic mass is 10.1. The zero-order valence-electron chi connectivity index (χ0n) is 12.9. The first-order valence-corrected chi connectivity index (χ1v) is 7.66. The third kappa shape index (κ3) is 3.52. The van der Waals surface area contributed by atoms with Crippen molar-refractivity contribution < 1.29 is 0 Å². The number of fused-ring (bicyclic) bond motifs is 1. The van der Waals surface area contributed by atoms with Crippen molar-refractivity contribution >= 4 is 0 Å². The Kier molecular flexibility index (Phi) is 4.36. The van der Waals surface area contributed by atoms with Crippen molar-refractivity contribution in [3.8, 4) is 0 Å². The van der Waals surface area contributed by atoms with Gasteiger partial charge in [0.15, 0.2) is 0 Å².